The fraction of sp³-hybridized carbons (Fsp3) is 0.524. The third-order valence-corrected chi connectivity index (χ3v) is 5.39. The third kappa shape index (κ3) is 5.44. The molecule has 2 aromatic rings. The minimum absolute atomic E-state index is 0.0463. The van der Waals surface area contributed by atoms with Crippen molar-refractivity contribution in [2.45, 2.75) is 53.1 Å². The molecule has 29 heavy (non-hydrogen) atoms. The van der Waals surface area contributed by atoms with Crippen molar-refractivity contribution in [1.82, 2.24) is 15.0 Å². The van der Waals surface area contributed by atoms with Gasteiger partial charge in [-0.25, -0.2) is 9.78 Å². The summed E-state index contributed by atoms with van der Waals surface area (Å²) in [6.45, 7) is 11.1. The summed E-state index contributed by atoms with van der Waals surface area (Å²) in [6.07, 6.45) is 4.03. The van der Waals surface area contributed by atoms with Crippen molar-refractivity contribution < 1.29 is 9.53 Å². The molecule has 3 heterocycles. The first-order valence-corrected chi connectivity index (χ1v) is 10.6. The zero-order valence-corrected chi connectivity index (χ0v) is 19.1. The van der Waals surface area contributed by atoms with Gasteiger partial charge in [-0.15, -0.1) is 0 Å². The summed E-state index contributed by atoms with van der Waals surface area (Å²) in [5.41, 5.74) is 1.04. The average molecular weight is 462 g/mol. The molecule has 0 aromatic carbocycles. The molecule has 7 nitrogen and oxygen atoms in total. The van der Waals surface area contributed by atoms with Crippen molar-refractivity contribution in [3.8, 4) is 0 Å². The quantitative estimate of drug-likeness (QED) is 0.635. The van der Waals surface area contributed by atoms with Crippen LogP contribution < -0.4 is 10.2 Å². The van der Waals surface area contributed by atoms with Gasteiger partial charge in [0, 0.05) is 16.9 Å². The summed E-state index contributed by atoms with van der Waals surface area (Å²) in [6, 6.07) is 5.50. The molecule has 8 heteroatoms. The molecule has 0 saturated carbocycles. The number of carbonyl (C=O) groups is 1. The van der Waals surface area contributed by atoms with Gasteiger partial charge >= 0.3 is 6.09 Å². The van der Waals surface area contributed by atoms with Gasteiger partial charge in [-0.2, -0.15) is 4.98 Å². The lowest BCUT2D eigenvalue weighted by atomic mass is 9.82. The Balaban J connectivity index is 1.78. The van der Waals surface area contributed by atoms with E-state index in [-0.39, 0.29) is 29.5 Å². The first kappa shape index (κ1) is 21.5. The second kappa shape index (κ2) is 8.65. The van der Waals surface area contributed by atoms with Gasteiger partial charge in [0.15, 0.2) is 0 Å². The standard InChI is InChI=1S/C21H28BrN5O2/c1-13(10-21(3,4)5)17-12-29-20(28)27(17)18-8-9-23-19(26-18)25-14(2)16-7-6-15(22)11-24-16/h6-9,11,13-14,17H,10,12H2,1-5H3,(H,23,25,26)/t13-,14-,17+/m0/s1. The molecule has 0 unspecified atom stereocenters. The van der Waals surface area contributed by atoms with Crippen molar-refractivity contribution in [3.63, 3.8) is 0 Å². The lowest BCUT2D eigenvalue weighted by Crippen LogP contribution is -2.40. The SMILES string of the molecule is C[C@H](Nc1nccc(N2C(=O)OC[C@@H]2[C@@H](C)CC(C)(C)C)n1)c1ccc(Br)cn1. The number of hydrogen-bond donors (Lipinski definition) is 1. The van der Waals surface area contributed by atoms with E-state index in [1.165, 1.54) is 0 Å². The van der Waals surface area contributed by atoms with Crippen LogP contribution in [0.25, 0.3) is 0 Å². The fourth-order valence-corrected chi connectivity index (χ4v) is 3.92. The topological polar surface area (TPSA) is 80.2 Å². The van der Waals surface area contributed by atoms with Gasteiger partial charge in [-0.05, 0) is 58.8 Å². The summed E-state index contributed by atoms with van der Waals surface area (Å²) in [5.74, 6) is 1.27. The van der Waals surface area contributed by atoms with Gasteiger partial charge < -0.3 is 10.1 Å². The molecular weight excluding hydrogens is 434 g/mol. The Bertz CT molecular complexity index is 853. The van der Waals surface area contributed by atoms with Gasteiger partial charge in [0.05, 0.1) is 17.8 Å². The number of nitrogens with one attached hydrogen (secondary N) is 1. The van der Waals surface area contributed by atoms with Crippen molar-refractivity contribution in [3.05, 3.63) is 40.8 Å². The summed E-state index contributed by atoms with van der Waals surface area (Å²) in [7, 11) is 0. The van der Waals surface area contributed by atoms with Crippen LogP contribution in [0.1, 0.15) is 52.8 Å². The van der Waals surface area contributed by atoms with E-state index in [4.69, 9.17) is 4.74 Å². The van der Waals surface area contributed by atoms with Crippen LogP contribution in [0.3, 0.4) is 0 Å². The van der Waals surface area contributed by atoms with E-state index < -0.39 is 0 Å². The molecule has 1 fully saturated rings. The van der Waals surface area contributed by atoms with Crippen LogP contribution in [0.4, 0.5) is 16.6 Å². The van der Waals surface area contributed by atoms with Crippen LogP contribution in [0.5, 0.6) is 0 Å². The second-order valence-corrected chi connectivity index (χ2v) is 9.68. The maximum Gasteiger partial charge on any atom is 0.415 e. The largest absolute Gasteiger partial charge is 0.447 e. The maximum absolute atomic E-state index is 12.5. The van der Waals surface area contributed by atoms with Gasteiger partial charge in [0.2, 0.25) is 5.95 Å². The minimum Gasteiger partial charge on any atom is -0.447 e. The number of hydrogen-bond acceptors (Lipinski definition) is 6. The van der Waals surface area contributed by atoms with Crippen molar-refractivity contribution >= 4 is 33.8 Å². The van der Waals surface area contributed by atoms with E-state index in [1.807, 2.05) is 19.1 Å². The van der Waals surface area contributed by atoms with Crippen LogP contribution >= 0.6 is 15.9 Å². The minimum atomic E-state index is -0.358. The van der Waals surface area contributed by atoms with Crippen LogP contribution in [0.2, 0.25) is 0 Å². The van der Waals surface area contributed by atoms with E-state index in [1.54, 1.807) is 23.4 Å². The Kier molecular flexibility index (Phi) is 6.41. The molecular formula is C21H28BrN5O2. The lowest BCUT2D eigenvalue weighted by Gasteiger charge is -2.30. The maximum atomic E-state index is 12.5. The molecule has 1 saturated heterocycles. The monoisotopic (exact) mass is 461 g/mol. The van der Waals surface area contributed by atoms with E-state index in [9.17, 15) is 4.79 Å². The van der Waals surface area contributed by atoms with Gasteiger partial charge in [-0.1, -0.05) is 27.7 Å². The first-order chi connectivity index (χ1) is 13.6. The zero-order chi connectivity index (χ0) is 21.2. The number of nitrogens with zero attached hydrogens (tertiary/aromatic N) is 4. The van der Waals surface area contributed by atoms with Crippen LogP contribution in [-0.4, -0.2) is 33.7 Å². The molecule has 3 atom stereocenters. The molecule has 3 rings (SSSR count). The van der Waals surface area contributed by atoms with Crippen molar-refractivity contribution in [2.24, 2.45) is 11.3 Å². The van der Waals surface area contributed by atoms with Gasteiger partial charge in [0.25, 0.3) is 0 Å². The number of anilines is 2. The molecule has 156 valence electrons. The predicted octanol–water partition coefficient (Wildman–Crippen LogP) is 5.20. The lowest BCUT2D eigenvalue weighted by molar-refractivity contribution is 0.174. The Morgan fingerprint density at radius 2 is 2.03 bits per heavy atom. The highest BCUT2D eigenvalue weighted by atomic mass is 79.9. The van der Waals surface area contributed by atoms with E-state index in [2.05, 4.69) is 63.9 Å². The Hall–Kier alpha value is -2.22. The number of ether oxygens (including phenoxy) is 1. The molecule has 1 aliphatic heterocycles. The molecule has 0 aliphatic carbocycles. The molecule has 1 N–H and O–H groups in total. The third-order valence-electron chi connectivity index (χ3n) is 4.92. The Labute approximate surface area is 180 Å². The number of amides is 1. The Morgan fingerprint density at radius 1 is 1.28 bits per heavy atom. The Morgan fingerprint density at radius 3 is 2.69 bits per heavy atom. The van der Waals surface area contributed by atoms with Crippen molar-refractivity contribution in [2.75, 3.05) is 16.8 Å². The average Bonchev–Trinajstić information content (AvgIpc) is 3.03. The number of rotatable bonds is 6. The molecule has 0 radical (unpaired) electrons. The number of cyclic esters (lactones) is 1. The number of carbonyl (C=O) groups excluding carboxylic acids is 1. The molecule has 1 aliphatic rings. The summed E-state index contributed by atoms with van der Waals surface area (Å²) in [5, 5.41) is 3.26. The van der Waals surface area contributed by atoms with Crippen LogP contribution in [0, 0.1) is 11.3 Å². The summed E-state index contributed by atoms with van der Waals surface area (Å²) < 4.78 is 6.29. The number of aromatic nitrogens is 3. The molecule has 0 bridgehead atoms. The fourth-order valence-electron chi connectivity index (χ4n) is 3.68. The highest BCUT2D eigenvalue weighted by Crippen LogP contribution is 2.33. The predicted molar refractivity (Wildman–Crippen MR) is 117 cm³/mol. The second-order valence-electron chi connectivity index (χ2n) is 8.76. The number of halogens is 1. The normalized spacial score (nSPS) is 19.0. The highest BCUT2D eigenvalue weighted by Gasteiger charge is 2.39. The first-order valence-electron chi connectivity index (χ1n) is 9.81. The van der Waals surface area contributed by atoms with Crippen LogP contribution in [-0.2, 0) is 4.74 Å². The number of pyridine rings is 1. The highest BCUT2D eigenvalue weighted by molar-refractivity contribution is 9.10. The van der Waals surface area contributed by atoms with Crippen LogP contribution in [0.15, 0.2) is 35.1 Å². The van der Waals surface area contributed by atoms with E-state index >= 15 is 0 Å². The molecule has 1 amide bonds. The summed E-state index contributed by atoms with van der Waals surface area (Å²) in [4.78, 5) is 27.4. The smallest absolute Gasteiger partial charge is 0.415 e. The van der Waals surface area contributed by atoms with E-state index in [0.717, 1.165) is 16.6 Å². The van der Waals surface area contributed by atoms with Gasteiger partial charge in [0.1, 0.15) is 12.4 Å². The van der Waals surface area contributed by atoms with Crippen molar-refractivity contribution in [1.29, 1.82) is 0 Å². The van der Waals surface area contributed by atoms with E-state index in [0.29, 0.717) is 18.4 Å². The molecule has 2 aromatic heterocycles. The molecule has 0 spiro atoms. The summed E-state index contributed by atoms with van der Waals surface area (Å²) >= 11 is 3.39. The van der Waals surface area contributed by atoms with Gasteiger partial charge in [-0.3, -0.25) is 9.88 Å². The zero-order valence-electron chi connectivity index (χ0n) is 17.5.